The Labute approximate surface area is 160 Å². The van der Waals surface area contributed by atoms with Crippen LogP contribution in [0.3, 0.4) is 0 Å². The zero-order valence-corrected chi connectivity index (χ0v) is 15.3. The van der Waals surface area contributed by atoms with Crippen molar-refractivity contribution in [3.63, 3.8) is 0 Å². The third kappa shape index (κ3) is 3.02. The van der Waals surface area contributed by atoms with Gasteiger partial charge in [-0.15, -0.1) is 0 Å². The maximum absolute atomic E-state index is 14.0. The highest BCUT2D eigenvalue weighted by molar-refractivity contribution is 6.33. The van der Waals surface area contributed by atoms with Gasteiger partial charge in [0.05, 0.1) is 23.7 Å². The first-order valence-electron chi connectivity index (χ1n) is 8.60. The number of ether oxygens (including phenoxy) is 1. The molecule has 1 aromatic carbocycles. The average molecular weight is 390 g/mol. The molecule has 2 aromatic rings. The van der Waals surface area contributed by atoms with Crippen LogP contribution < -0.4 is 5.32 Å². The summed E-state index contributed by atoms with van der Waals surface area (Å²) in [6.45, 7) is 0. The van der Waals surface area contributed by atoms with Crippen molar-refractivity contribution in [1.29, 1.82) is 0 Å². The molecule has 8 heteroatoms. The van der Waals surface area contributed by atoms with Gasteiger partial charge >= 0.3 is 12.0 Å². The molecule has 1 saturated heterocycles. The number of amides is 2. The minimum atomic E-state index is -0.578. The summed E-state index contributed by atoms with van der Waals surface area (Å²) in [5.41, 5.74) is 2.04. The van der Waals surface area contributed by atoms with E-state index < -0.39 is 11.9 Å². The van der Waals surface area contributed by atoms with E-state index in [-0.39, 0.29) is 28.7 Å². The second-order valence-electron chi connectivity index (χ2n) is 6.64. The van der Waals surface area contributed by atoms with Crippen molar-refractivity contribution in [2.24, 2.45) is 0 Å². The van der Waals surface area contributed by atoms with Crippen molar-refractivity contribution >= 4 is 29.3 Å². The van der Waals surface area contributed by atoms with Gasteiger partial charge in [-0.3, -0.25) is 0 Å². The SMILES string of the molecule is COC(=O)c1cc(NC(=O)N2[C@@H]3CC[C@H]2c2ccnc(F)c2C3)ccc1Cl. The van der Waals surface area contributed by atoms with Gasteiger partial charge in [0, 0.05) is 23.5 Å². The Hall–Kier alpha value is -2.67. The Balaban J connectivity index is 1.59. The largest absolute Gasteiger partial charge is 0.465 e. The molecule has 0 unspecified atom stereocenters. The number of esters is 1. The molecule has 1 fully saturated rings. The van der Waals surface area contributed by atoms with Crippen LogP contribution >= 0.6 is 11.6 Å². The predicted molar refractivity (Wildman–Crippen MR) is 97.3 cm³/mol. The third-order valence-corrected chi connectivity index (χ3v) is 5.53. The molecule has 2 aliphatic rings. The summed E-state index contributed by atoms with van der Waals surface area (Å²) in [7, 11) is 1.26. The summed E-state index contributed by atoms with van der Waals surface area (Å²) in [6, 6.07) is 5.87. The van der Waals surface area contributed by atoms with Crippen molar-refractivity contribution in [1.82, 2.24) is 9.88 Å². The van der Waals surface area contributed by atoms with E-state index in [0.717, 1.165) is 18.4 Å². The van der Waals surface area contributed by atoms with Crippen LogP contribution in [-0.2, 0) is 11.2 Å². The van der Waals surface area contributed by atoms with E-state index in [1.807, 2.05) is 0 Å². The number of fused-ring (bicyclic) bond motifs is 4. The van der Waals surface area contributed by atoms with Crippen molar-refractivity contribution in [3.8, 4) is 0 Å². The van der Waals surface area contributed by atoms with Crippen LogP contribution in [0.4, 0.5) is 14.9 Å². The average Bonchev–Trinajstić information content (AvgIpc) is 2.98. The fourth-order valence-electron chi connectivity index (χ4n) is 3.98. The number of nitrogens with one attached hydrogen (secondary N) is 1. The summed E-state index contributed by atoms with van der Waals surface area (Å²) in [6.07, 6.45) is 3.47. The van der Waals surface area contributed by atoms with Gasteiger partial charge < -0.3 is 15.0 Å². The second-order valence-corrected chi connectivity index (χ2v) is 7.05. The van der Waals surface area contributed by atoms with Crippen LogP contribution in [0.5, 0.6) is 0 Å². The number of benzene rings is 1. The van der Waals surface area contributed by atoms with E-state index in [1.54, 1.807) is 17.0 Å². The Bertz CT molecular complexity index is 936. The molecule has 2 atom stereocenters. The molecule has 6 nitrogen and oxygen atoms in total. The third-order valence-electron chi connectivity index (χ3n) is 5.20. The van der Waals surface area contributed by atoms with Crippen molar-refractivity contribution in [3.05, 3.63) is 58.1 Å². The van der Waals surface area contributed by atoms with E-state index in [2.05, 4.69) is 10.3 Å². The van der Waals surface area contributed by atoms with Crippen LogP contribution in [0.2, 0.25) is 5.02 Å². The second kappa shape index (κ2) is 6.81. The number of anilines is 1. The lowest BCUT2D eigenvalue weighted by atomic mass is 9.95. The molecule has 0 radical (unpaired) electrons. The lowest BCUT2D eigenvalue weighted by molar-refractivity contribution is 0.0601. The Morgan fingerprint density at radius 3 is 2.93 bits per heavy atom. The lowest BCUT2D eigenvalue weighted by Gasteiger charge is -2.36. The van der Waals surface area contributed by atoms with Crippen LogP contribution in [0, 0.1) is 5.95 Å². The molecule has 3 heterocycles. The van der Waals surface area contributed by atoms with Crippen LogP contribution in [-0.4, -0.2) is 35.0 Å². The zero-order chi connectivity index (χ0) is 19.1. The predicted octanol–water partition coefficient (Wildman–Crippen LogP) is 3.95. The number of rotatable bonds is 2. The monoisotopic (exact) mass is 389 g/mol. The van der Waals surface area contributed by atoms with Crippen molar-refractivity contribution in [2.45, 2.75) is 31.3 Å². The number of hydrogen-bond acceptors (Lipinski definition) is 4. The number of nitrogens with zero attached hydrogens (tertiary/aromatic N) is 2. The quantitative estimate of drug-likeness (QED) is 0.623. The van der Waals surface area contributed by atoms with Crippen molar-refractivity contribution < 1.29 is 18.7 Å². The Kier molecular flexibility index (Phi) is 4.47. The number of urea groups is 1. The standard InChI is InChI=1S/C19H17ClFN3O3/c1-27-18(25)14-8-10(2-4-15(14)20)23-19(26)24-11-3-5-16(24)12-6-7-22-17(21)13(12)9-11/h2,4,6-8,11,16H,3,5,9H2,1H3,(H,23,26)/t11-,16+/m1/s1. The fourth-order valence-corrected chi connectivity index (χ4v) is 4.18. The van der Waals surface area contributed by atoms with Crippen LogP contribution in [0.25, 0.3) is 0 Å². The van der Waals surface area contributed by atoms with Gasteiger partial charge in [0.15, 0.2) is 0 Å². The zero-order valence-electron chi connectivity index (χ0n) is 14.5. The van der Waals surface area contributed by atoms with Gasteiger partial charge in [-0.05, 0) is 49.1 Å². The molecule has 1 N–H and O–H groups in total. The first kappa shape index (κ1) is 17.7. The number of hydrogen-bond donors (Lipinski definition) is 1. The molecular formula is C19H17ClFN3O3. The molecule has 4 rings (SSSR count). The summed E-state index contributed by atoms with van der Waals surface area (Å²) in [4.78, 5) is 30.2. The van der Waals surface area contributed by atoms with Gasteiger partial charge in [-0.2, -0.15) is 4.39 Å². The Morgan fingerprint density at radius 2 is 2.15 bits per heavy atom. The number of carbonyl (C=O) groups excluding carboxylic acids is 2. The molecule has 0 saturated carbocycles. The number of pyridine rings is 1. The summed E-state index contributed by atoms with van der Waals surface area (Å²) >= 11 is 6.02. The van der Waals surface area contributed by atoms with E-state index in [4.69, 9.17) is 16.3 Å². The number of carbonyl (C=O) groups is 2. The lowest BCUT2D eigenvalue weighted by Crippen LogP contribution is -2.44. The van der Waals surface area contributed by atoms with E-state index in [1.165, 1.54) is 25.4 Å². The molecule has 140 valence electrons. The smallest absolute Gasteiger partial charge is 0.339 e. The first-order valence-corrected chi connectivity index (χ1v) is 8.98. The number of halogens is 2. The summed E-state index contributed by atoms with van der Waals surface area (Å²) in [5, 5.41) is 3.06. The van der Waals surface area contributed by atoms with E-state index in [9.17, 15) is 14.0 Å². The minimum Gasteiger partial charge on any atom is -0.465 e. The number of aromatic nitrogens is 1. The van der Waals surface area contributed by atoms with E-state index in [0.29, 0.717) is 17.7 Å². The van der Waals surface area contributed by atoms with Crippen LogP contribution in [0.1, 0.15) is 40.4 Å². The van der Waals surface area contributed by atoms with Crippen LogP contribution in [0.15, 0.2) is 30.5 Å². The molecule has 0 spiro atoms. The van der Waals surface area contributed by atoms with Gasteiger partial charge in [-0.1, -0.05) is 11.6 Å². The van der Waals surface area contributed by atoms with Gasteiger partial charge in [-0.25, -0.2) is 14.6 Å². The van der Waals surface area contributed by atoms with Gasteiger partial charge in [0.25, 0.3) is 0 Å². The minimum absolute atomic E-state index is 0.0754. The topological polar surface area (TPSA) is 71.5 Å². The molecule has 2 bridgehead atoms. The van der Waals surface area contributed by atoms with E-state index >= 15 is 0 Å². The fraction of sp³-hybridized carbons (Fsp3) is 0.316. The molecule has 0 aliphatic carbocycles. The Morgan fingerprint density at radius 1 is 1.33 bits per heavy atom. The highest BCUT2D eigenvalue weighted by Crippen LogP contribution is 2.44. The molecule has 2 aliphatic heterocycles. The normalized spacial score (nSPS) is 20.2. The molecule has 1 aromatic heterocycles. The first-order chi connectivity index (χ1) is 13.0. The molecule has 27 heavy (non-hydrogen) atoms. The van der Waals surface area contributed by atoms with Gasteiger partial charge in [0.1, 0.15) is 0 Å². The molecular weight excluding hydrogens is 373 g/mol. The maximum Gasteiger partial charge on any atom is 0.339 e. The highest BCUT2D eigenvalue weighted by Gasteiger charge is 2.43. The number of methoxy groups -OCH3 is 1. The van der Waals surface area contributed by atoms with Crippen molar-refractivity contribution in [2.75, 3.05) is 12.4 Å². The summed E-state index contributed by atoms with van der Waals surface area (Å²) < 4.78 is 18.7. The highest BCUT2D eigenvalue weighted by atomic mass is 35.5. The van der Waals surface area contributed by atoms with Gasteiger partial charge in [0.2, 0.25) is 5.95 Å². The molecule has 2 amide bonds. The summed E-state index contributed by atoms with van der Waals surface area (Å²) in [5.74, 6) is -1.03. The maximum atomic E-state index is 14.0.